The third-order valence-corrected chi connectivity index (χ3v) is 18.1. The van der Waals surface area contributed by atoms with E-state index < -0.39 is 26.5 Å². The number of esters is 2. The SMILES string of the molecule is CC/C=C\C/C=C\C/C=C\C/C=C\C/C=C\C/C=C\C/C=C\C/C=C\C/C=C\C/C=C\C/C=C\C/C=C\CCCCCCC(=O)OC(COC(=O)CCCCCCCCCCCCCCCCCCCCCCCCCC/C=C\C/C=C\C/C=C\C/C=C\CC)COP(=O)(O)OCC[N+](C)(C)C. The highest BCUT2D eigenvalue weighted by Gasteiger charge is 2.27. The molecule has 2 unspecified atom stereocenters. The normalized spacial score (nSPS) is 14.1. The van der Waals surface area contributed by atoms with Crippen LogP contribution in [-0.2, 0) is 32.7 Å². The maximum Gasteiger partial charge on any atom is 0.472 e. The zero-order chi connectivity index (χ0) is 74.0. The molecule has 578 valence electrons. The van der Waals surface area contributed by atoms with Gasteiger partial charge in [-0.15, -0.1) is 0 Å². The highest BCUT2D eigenvalue weighted by molar-refractivity contribution is 7.47. The summed E-state index contributed by atoms with van der Waals surface area (Å²) in [6.07, 6.45) is 124. The van der Waals surface area contributed by atoms with Crippen LogP contribution in [0.2, 0.25) is 0 Å². The number of likely N-dealkylation sites (N-methyl/N-ethyl adjacent to an activating group) is 1. The molecule has 0 saturated carbocycles. The number of carbonyl (C=O) groups excluding carboxylic acids is 2. The Hall–Kier alpha value is -5.15. The molecule has 10 heteroatoms. The molecule has 0 bridgehead atoms. The van der Waals surface area contributed by atoms with Crippen LogP contribution in [0.15, 0.2) is 194 Å². The number of quaternary nitrogens is 1. The highest BCUT2D eigenvalue weighted by Crippen LogP contribution is 2.43. The highest BCUT2D eigenvalue weighted by atomic mass is 31.2. The van der Waals surface area contributed by atoms with Crippen molar-refractivity contribution < 1.29 is 42.1 Å². The summed E-state index contributed by atoms with van der Waals surface area (Å²) in [7, 11) is 1.45. The number of phosphoric ester groups is 1. The molecule has 0 aliphatic carbocycles. The van der Waals surface area contributed by atoms with Crippen molar-refractivity contribution in [2.24, 2.45) is 0 Å². The standard InChI is InChI=1S/C92H152NO8P/c1-6-8-10-12-14-16-18-20-22-24-26-28-30-32-34-36-38-40-42-44-45-46-47-49-51-53-55-57-59-61-63-65-67-69-71-73-75-77-79-81-83-85-92(95)101-90(89-100-102(96,97)99-87-86-93(3,4)5)88-98-91(94)84-82-80-78-76-74-72-70-68-66-64-62-60-58-56-54-52-50-48-43-41-39-37-35-33-31-29-27-25-23-21-19-17-15-13-11-9-7-2/h8-11,14-17,20-23,26-29,32,34,38,40,44-45,47,49,53,55,59,61,65,67,71,73,90H,6-7,12-13,18-19,24-25,30-31,33,35-37,39,41-43,46,48,50-52,54,56-58,60,62-64,66,68-70,72,74-89H2,1-5H3/p+1/b10-8-,11-9-,16-14-,17-15-,22-20-,23-21-,28-26-,29-27-,34-32-,40-38-,45-44-,49-47-,55-53-,61-59-,67-65-,73-71-. The summed E-state index contributed by atoms with van der Waals surface area (Å²) in [5, 5.41) is 0. The van der Waals surface area contributed by atoms with Crippen molar-refractivity contribution in [3.63, 3.8) is 0 Å². The average Bonchev–Trinajstić information content (AvgIpc) is 0.916. The topological polar surface area (TPSA) is 108 Å². The van der Waals surface area contributed by atoms with E-state index in [1.807, 2.05) is 21.1 Å². The van der Waals surface area contributed by atoms with Crippen LogP contribution in [0.3, 0.4) is 0 Å². The van der Waals surface area contributed by atoms with Gasteiger partial charge in [0.25, 0.3) is 0 Å². The summed E-state index contributed by atoms with van der Waals surface area (Å²) in [5.74, 6) is -0.828. The lowest BCUT2D eigenvalue weighted by Crippen LogP contribution is -2.37. The van der Waals surface area contributed by atoms with Crippen molar-refractivity contribution in [3.8, 4) is 0 Å². The summed E-state index contributed by atoms with van der Waals surface area (Å²) in [5.41, 5.74) is 0. The largest absolute Gasteiger partial charge is 0.472 e. The zero-order valence-corrected chi connectivity index (χ0v) is 66.9. The van der Waals surface area contributed by atoms with E-state index in [2.05, 4.69) is 208 Å². The summed E-state index contributed by atoms with van der Waals surface area (Å²) in [6, 6.07) is 0. The predicted octanol–water partition coefficient (Wildman–Crippen LogP) is 27.9. The first-order chi connectivity index (χ1) is 50.0. The van der Waals surface area contributed by atoms with Crippen molar-refractivity contribution in [1.29, 1.82) is 0 Å². The fourth-order valence-electron chi connectivity index (χ4n) is 10.9. The molecule has 2 atom stereocenters. The van der Waals surface area contributed by atoms with Crippen molar-refractivity contribution in [1.82, 2.24) is 0 Å². The fourth-order valence-corrected chi connectivity index (χ4v) is 11.7. The number of unbranched alkanes of at least 4 members (excludes halogenated alkanes) is 28. The van der Waals surface area contributed by atoms with Crippen LogP contribution < -0.4 is 0 Å². The van der Waals surface area contributed by atoms with Crippen molar-refractivity contribution in [2.75, 3.05) is 47.5 Å². The van der Waals surface area contributed by atoms with Gasteiger partial charge >= 0.3 is 19.8 Å². The van der Waals surface area contributed by atoms with Gasteiger partial charge in [0.15, 0.2) is 6.10 Å². The summed E-state index contributed by atoms with van der Waals surface area (Å²) in [6.45, 7) is 4.18. The molecular formula is C92H153NO8P+. The maximum atomic E-state index is 12.9. The summed E-state index contributed by atoms with van der Waals surface area (Å²) >= 11 is 0. The molecule has 0 aromatic rings. The number of allylic oxidation sites excluding steroid dienone is 32. The van der Waals surface area contributed by atoms with E-state index in [4.69, 9.17) is 18.5 Å². The van der Waals surface area contributed by atoms with Crippen LogP contribution in [0.5, 0.6) is 0 Å². The van der Waals surface area contributed by atoms with Crippen LogP contribution in [0.4, 0.5) is 0 Å². The minimum absolute atomic E-state index is 0.0185. The van der Waals surface area contributed by atoms with Gasteiger partial charge in [0, 0.05) is 12.8 Å². The molecule has 0 aromatic heterocycles. The number of ether oxygens (including phenoxy) is 2. The van der Waals surface area contributed by atoms with Gasteiger partial charge in [-0.25, -0.2) is 4.57 Å². The second-order valence-electron chi connectivity index (χ2n) is 28.0. The minimum atomic E-state index is -4.42. The average molecular weight is 1430 g/mol. The van der Waals surface area contributed by atoms with Gasteiger partial charge in [0.1, 0.15) is 19.8 Å². The van der Waals surface area contributed by atoms with E-state index in [1.54, 1.807) is 0 Å². The molecule has 0 saturated heterocycles. The lowest BCUT2D eigenvalue weighted by atomic mass is 10.0. The third kappa shape index (κ3) is 83.8. The number of rotatable bonds is 74. The molecule has 1 N–H and O–H groups in total. The van der Waals surface area contributed by atoms with E-state index in [9.17, 15) is 19.0 Å². The van der Waals surface area contributed by atoms with Crippen LogP contribution in [-0.4, -0.2) is 74.9 Å². The second-order valence-corrected chi connectivity index (χ2v) is 29.5. The number of carbonyl (C=O) groups is 2. The Morgan fingerprint density at radius 3 is 0.784 bits per heavy atom. The van der Waals surface area contributed by atoms with Gasteiger partial charge in [-0.2, -0.15) is 0 Å². The Labute approximate surface area is 628 Å². The second kappa shape index (κ2) is 80.0. The summed E-state index contributed by atoms with van der Waals surface area (Å²) < 4.78 is 34.8. The van der Waals surface area contributed by atoms with E-state index in [-0.39, 0.29) is 32.0 Å². The van der Waals surface area contributed by atoms with Crippen LogP contribution in [0, 0.1) is 0 Å². The number of hydrogen-bond acceptors (Lipinski definition) is 7. The minimum Gasteiger partial charge on any atom is -0.462 e. The lowest BCUT2D eigenvalue weighted by molar-refractivity contribution is -0.870. The smallest absolute Gasteiger partial charge is 0.462 e. The lowest BCUT2D eigenvalue weighted by Gasteiger charge is -2.24. The van der Waals surface area contributed by atoms with Gasteiger partial charge in [0.2, 0.25) is 0 Å². The number of nitrogens with zero attached hydrogens (tertiary/aromatic N) is 1. The first-order valence-corrected chi connectivity index (χ1v) is 42.7. The van der Waals surface area contributed by atoms with Crippen molar-refractivity contribution in [2.45, 2.75) is 328 Å². The maximum absolute atomic E-state index is 12.9. The van der Waals surface area contributed by atoms with Gasteiger partial charge in [-0.05, 0) is 141 Å². The van der Waals surface area contributed by atoms with E-state index in [1.165, 1.54) is 141 Å². The molecule has 0 rings (SSSR count). The Bertz CT molecular complexity index is 2440. The van der Waals surface area contributed by atoms with Crippen LogP contribution in [0.1, 0.15) is 322 Å². The molecule has 0 aliphatic rings. The van der Waals surface area contributed by atoms with Crippen LogP contribution in [0.25, 0.3) is 0 Å². The molecule has 0 heterocycles. The molecule has 0 radical (unpaired) electrons. The Kier molecular flexibility index (Phi) is 75.9. The van der Waals surface area contributed by atoms with Crippen LogP contribution >= 0.6 is 7.82 Å². The predicted molar refractivity (Wildman–Crippen MR) is 445 cm³/mol. The third-order valence-electron chi connectivity index (χ3n) is 17.1. The molecular weight excluding hydrogens is 1280 g/mol. The van der Waals surface area contributed by atoms with Gasteiger partial charge < -0.3 is 18.9 Å². The van der Waals surface area contributed by atoms with E-state index >= 15 is 0 Å². The quantitative estimate of drug-likeness (QED) is 0.0211. The molecule has 0 aliphatic heterocycles. The number of phosphoric acid groups is 1. The number of hydrogen-bond donors (Lipinski definition) is 1. The van der Waals surface area contributed by atoms with E-state index in [0.717, 1.165) is 148 Å². The monoisotopic (exact) mass is 1430 g/mol. The first-order valence-electron chi connectivity index (χ1n) is 41.2. The fraction of sp³-hybridized carbons (Fsp3) is 0.630. The molecule has 9 nitrogen and oxygen atoms in total. The molecule has 0 spiro atoms. The Morgan fingerprint density at radius 1 is 0.304 bits per heavy atom. The summed E-state index contributed by atoms with van der Waals surface area (Å²) in [4.78, 5) is 36.0. The zero-order valence-electron chi connectivity index (χ0n) is 66.0. The Balaban J connectivity index is 4.07. The van der Waals surface area contributed by atoms with Gasteiger partial charge in [-0.1, -0.05) is 362 Å². The van der Waals surface area contributed by atoms with E-state index in [0.29, 0.717) is 17.4 Å². The molecule has 0 aromatic carbocycles. The molecule has 0 amide bonds. The van der Waals surface area contributed by atoms with Crippen molar-refractivity contribution in [3.05, 3.63) is 194 Å². The van der Waals surface area contributed by atoms with Gasteiger partial charge in [-0.3, -0.25) is 18.6 Å². The van der Waals surface area contributed by atoms with Gasteiger partial charge in [0.05, 0.1) is 27.7 Å². The molecule has 0 fully saturated rings. The van der Waals surface area contributed by atoms with Crippen molar-refractivity contribution >= 4 is 19.8 Å². The molecule has 102 heavy (non-hydrogen) atoms. The first kappa shape index (κ1) is 96.8. The Morgan fingerprint density at radius 2 is 0.529 bits per heavy atom.